The number of ether oxygens (including phenoxy) is 2. The lowest BCUT2D eigenvalue weighted by Gasteiger charge is -2.53. The monoisotopic (exact) mass is 313 g/mol. The molecule has 5 aliphatic rings. The minimum Gasteiger partial charge on any atom is -0.486 e. The zero-order chi connectivity index (χ0) is 15.4. The van der Waals surface area contributed by atoms with Crippen molar-refractivity contribution in [3.8, 4) is 11.5 Å². The van der Waals surface area contributed by atoms with Crippen molar-refractivity contribution in [2.45, 2.75) is 32.1 Å². The first kappa shape index (κ1) is 13.7. The van der Waals surface area contributed by atoms with Gasteiger partial charge in [-0.05, 0) is 67.9 Å². The van der Waals surface area contributed by atoms with Gasteiger partial charge in [0.2, 0.25) is 5.91 Å². The average molecular weight is 313 g/mol. The molecule has 1 heterocycles. The molecule has 1 aromatic rings. The number of hydrogen-bond donors (Lipinski definition) is 1. The van der Waals surface area contributed by atoms with Crippen LogP contribution in [0.15, 0.2) is 18.2 Å². The van der Waals surface area contributed by atoms with Gasteiger partial charge in [-0.2, -0.15) is 0 Å². The lowest BCUT2D eigenvalue weighted by atomic mass is 9.51. The molecule has 122 valence electrons. The highest BCUT2D eigenvalue weighted by atomic mass is 16.6. The number of amides is 1. The predicted octanol–water partition coefficient (Wildman–Crippen LogP) is 3.47. The van der Waals surface area contributed by atoms with Crippen molar-refractivity contribution in [2.24, 2.45) is 29.6 Å². The van der Waals surface area contributed by atoms with E-state index in [-0.39, 0.29) is 11.8 Å². The molecule has 0 spiro atoms. The van der Waals surface area contributed by atoms with Gasteiger partial charge in [0.25, 0.3) is 0 Å². The Balaban J connectivity index is 1.33. The molecule has 1 N–H and O–H groups in total. The van der Waals surface area contributed by atoms with Crippen LogP contribution in [0, 0.1) is 29.6 Å². The third-order valence-corrected chi connectivity index (χ3v) is 6.34. The number of carbonyl (C=O) groups is 1. The summed E-state index contributed by atoms with van der Waals surface area (Å²) >= 11 is 0. The average Bonchev–Trinajstić information content (AvgIpc) is 2.53. The van der Waals surface area contributed by atoms with E-state index in [1.807, 2.05) is 18.2 Å². The molecule has 4 bridgehead atoms. The maximum Gasteiger partial charge on any atom is 0.228 e. The molecule has 4 heteroatoms. The van der Waals surface area contributed by atoms with Gasteiger partial charge in [0, 0.05) is 17.7 Å². The lowest BCUT2D eigenvalue weighted by Crippen LogP contribution is -2.49. The first-order valence-electron chi connectivity index (χ1n) is 8.97. The molecule has 0 saturated heterocycles. The summed E-state index contributed by atoms with van der Waals surface area (Å²) < 4.78 is 11.1. The largest absolute Gasteiger partial charge is 0.486 e. The Morgan fingerprint density at radius 2 is 1.57 bits per heavy atom. The van der Waals surface area contributed by atoms with Crippen LogP contribution >= 0.6 is 0 Å². The normalized spacial score (nSPS) is 36.8. The Kier molecular flexibility index (Phi) is 3.07. The highest BCUT2D eigenvalue weighted by molar-refractivity contribution is 5.93. The smallest absolute Gasteiger partial charge is 0.228 e. The summed E-state index contributed by atoms with van der Waals surface area (Å²) in [6, 6.07) is 5.70. The molecule has 1 aliphatic heterocycles. The molecule has 6 rings (SSSR count). The molecule has 0 unspecified atom stereocenters. The molecule has 23 heavy (non-hydrogen) atoms. The fourth-order valence-electron chi connectivity index (χ4n) is 5.70. The van der Waals surface area contributed by atoms with Crippen LogP contribution in [0.5, 0.6) is 11.5 Å². The molecule has 0 atom stereocenters. The van der Waals surface area contributed by atoms with Gasteiger partial charge in [-0.3, -0.25) is 4.79 Å². The number of anilines is 1. The van der Waals surface area contributed by atoms with Gasteiger partial charge >= 0.3 is 0 Å². The Labute approximate surface area is 136 Å². The number of hydrogen-bond acceptors (Lipinski definition) is 3. The number of fused-ring (bicyclic) bond motifs is 1. The first-order chi connectivity index (χ1) is 11.3. The molecular weight excluding hydrogens is 290 g/mol. The maximum atomic E-state index is 12.9. The Morgan fingerprint density at radius 1 is 0.913 bits per heavy atom. The number of carbonyl (C=O) groups excluding carboxylic acids is 1. The third kappa shape index (κ3) is 2.30. The van der Waals surface area contributed by atoms with Crippen LogP contribution in [-0.2, 0) is 4.79 Å². The Morgan fingerprint density at radius 3 is 2.26 bits per heavy atom. The predicted molar refractivity (Wildman–Crippen MR) is 86.6 cm³/mol. The summed E-state index contributed by atoms with van der Waals surface area (Å²) in [6.07, 6.45) is 6.50. The van der Waals surface area contributed by atoms with E-state index >= 15 is 0 Å². The number of nitrogens with one attached hydrogen (secondary N) is 1. The Bertz CT molecular complexity index is 614. The summed E-state index contributed by atoms with van der Waals surface area (Å²) in [5.41, 5.74) is 0.827. The van der Waals surface area contributed by atoms with Gasteiger partial charge in [-0.1, -0.05) is 0 Å². The van der Waals surface area contributed by atoms with Crippen LogP contribution < -0.4 is 14.8 Å². The minimum absolute atomic E-state index is 0.218. The van der Waals surface area contributed by atoms with E-state index in [2.05, 4.69) is 5.32 Å². The third-order valence-electron chi connectivity index (χ3n) is 6.34. The fraction of sp³-hybridized carbons (Fsp3) is 0.632. The second kappa shape index (κ2) is 5.15. The summed E-state index contributed by atoms with van der Waals surface area (Å²) in [7, 11) is 0. The van der Waals surface area contributed by atoms with Crippen LogP contribution in [0.3, 0.4) is 0 Å². The molecule has 1 amide bonds. The van der Waals surface area contributed by atoms with Gasteiger partial charge in [-0.15, -0.1) is 0 Å². The summed E-state index contributed by atoms with van der Waals surface area (Å²) in [4.78, 5) is 12.9. The summed E-state index contributed by atoms with van der Waals surface area (Å²) in [5, 5.41) is 3.15. The topological polar surface area (TPSA) is 47.6 Å². The van der Waals surface area contributed by atoms with Crippen LogP contribution in [0.2, 0.25) is 0 Å². The van der Waals surface area contributed by atoms with Gasteiger partial charge in [0.05, 0.1) is 0 Å². The van der Waals surface area contributed by atoms with Gasteiger partial charge in [0.1, 0.15) is 13.2 Å². The first-order valence-corrected chi connectivity index (χ1v) is 8.97. The number of rotatable bonds is 2. The van der Waals surface area contributed by atoms with E-state index in [4.69, 9.17) is 9.47 Å². The Hall–Kier alpha value is -1.71. The molecule has 4 saturated carbocycles. The van der Waals surface area contributed by atoms with Crippen LogP contribution in [0.1, 0.15) is 32.1 Å². The van der Waals surface area contributed by atoms with E-state index in [9.17, 15) is 4.79 Å². The van der Waals surface area contributed by atoms with Crippen LogP contribution in [-0.4, -0.2) is 19.1 Å². The van der Waals surface area contributed by atoms with Crippen LogP contribution in [0.25, 0.3) is 0 Å². The highest BCUT2D eigenvalue weighted by Crippen LogP contribution is 2.56. The molecule has 4 aliphatic carbocycles. The van der Waals surface area contributed by atoms with E-state index in [1.165, 1.54) is 32.1 Å². The van der Waals surface area contributed by atoms with E-state index < -0.39 is 0 Å². The molecular formula is C19H23NO3. The molecule has 0 radical (unpaired) electrons. The van der Waals surface area contributed by atoms with Gasteiger partial charge < -0.3 is 14.8 Å². The molecule has 4 nitrogen and oxygen atoms in total. The molecule has 1 aromatic carbocycles. The van der Waals surface area contributed by atoms with E-state index in [0.717, 1.165) is 29.0 Å². The van der Waals surface area contributed by atoms with Crippen molar-refractivity contribution in [3.63, 3.8) is 0 Å². The van der Waals surface area contributed by atoms with Crippen molar-refractivity contribution >= 4 is 11.6 Å². The van der Waals surface area contributed by atoms with Gasteiger partial charge in [-0.25, -0.2) is 0 Å². The summed E-state index contributed by atoms with van der Waals surface area (Å²) in [5.74, 6) is 4.97. The van der Waals surface area contributed by atoms with Crippen LogP contribution in [0.4, 0.5) is 5.69 Å². The SMILES string of the molecule is O=C(Nc1ccc2c(c1)OCCO2)C1C2CC3CC(C2)CC1C3. The van der Waals surface area contributed by atoms with Crippen molar-refractivity contribution < 1.29 is 14.3 Å². The zero-order valence-electron chi connectivity index (χ0n) is 13.3. The van der Waals surface area contributed by atoms with E-state index in [0.29, 0.717) is 25.0 Å². The standard InChI is InChI=1S/C19H23NO3/c21-19(18-13-6-11-5-12(8-13)9-14(18)7-11)20-15-1-2-16-17(10-15)23-4-3-22-16/h1-2,10-14,18H,3-9H2,(H,20,21). The van der Waals surface area contributed by atoms with Gasteiger partial charge in [0.15, 0.2) is 11.5 Å². The van der Waals surface area contributed by atoms with Crippen molar-refractivity contribution in [3.05, 3.63) is 18.2 Å². The highest BCUT2D eigenvalue weighted by Gasteiger charge is 2.50. The number of benzene rings is 1. The second-order valence-electron chi connectivity index (χ2n) is 7.80. The zero-order valence-corrected chi connectivity index (χ0v) is 13.3. The summed E-state index contributed by atoms with van der Waals surface area (Å²) in [6.45, 7) is 1.16. The quantitative estimate of drug-likeness (QED) is 0.909. The van der Waals surface area contributed by atoms with Crippen molar-refractivity contribution in [1.82, 2.24) is 0 Å². The van der Waals surface area contributed by atoms with E-state index in [1.54, 1.807) is 0 Å². The second-order valence-corrected chi connectivity index (χ2v) is 7.80. The molecule has 0 aromatic heterocycles. The minimum atomic E-state index is 0.218. The van der Waals surface area contributed by atoms with Crippen molar-refractivity contribution in [2.75, 3.05) is 18.5 Å². The molecule has 4 fully saturated rings. The lowest BCUT2D eigenvalue weighted by molar-refractivity contribution is -0.132. The van der Waals surface area contributed by atoms with Crippen molar-refractivity contribution in [1.29, 1.82) is 0 Å². The fourth-order valence-corrected chi connectivity index (χ4v) is 5.70. The maximum absolute atomic E-state index is 12.9.